The van der Waals surface area contributed by atoms with Gasteiger partial charge in [-0.1, -0.05) is 0 Å². The topological polar surface area (TPSA) is 47.4 Å². The summed E-state index contributed by atoms with van der Waals surface area (Å²) in [5.41, 5.74) is 0.758. The molecular weight excluding hydrogens is 314 g/mol. The average Bonchev–Trinajstić information content (AvgIpc) is 3.21. The smallest absolute Gasteiger partial charge is 0.254 e. The average molecular weight is 339 g/mol. The molecular formula is C20H25N3O2. The summed E-state index contributed by atoms with van der Waals surface area (Å²) >= 11 is 0. The van der Waals surface area contributed by atoms with Crippen LogP contribution in [0.1, 0.15) is 55.9 Å². The Hall–Kier alpha value is -2.30. The highest BCUT2D eigenvalue weighted by Gasteiger charge is 2.43. The normalized spacial score (nSPS) is 25.4. The van der Waals surface area contributed by atoms with Crippen LogP contribution < -0.4 is 4.74 Å². The largest absolute Gasteiger partial charge is 0.491 e. The van der Waals surface area contributed by atoms with Crippen LogP contribution in [0.15, 0.2) is 43.0 Å². The number of rotatable bonds is 4. The maximum Gasteiger partial charge on any atom is 0.254 e. The first-order valence-corrected chi connectivity index (χ1v) is 9.18. The van der Waals surface area contributed by atoms with Crippen LogP contribution in [0, 0.1) is 0 Å². The van der Waals surface area contributed by atoms with Gasteiger partial charge in [0.1, 0.15) is 5.75 Å². The van der Waals surface area contributed by atoms with Gasteiger partial charge in [0, 0.05) is 36.1 Å². The molecule has 0 spiro atoms. The van der Waals surface area contributed by atoms with Crippen molar-refractivity contribution in [2.45, 2.75) is 63.8 Å². The Balaban J connectivity index is 1.48. The zero-order valence-corrected chi connectivity index (χ0v) is 14.8. The zero-order chi connectivity index (χ0) is 17.4. The van der Waals surface area contributed by atoms with E-state index in [9.17, 15) is 4.79 Å². The Kier molecular flexibility index (Phi) is 4.24. The predicted molar refractivity (Wildman–Crippen MR) is 95.7 cm³/mol. The number of hydrogen-bond donors (Lipinski definition) is 0. The minimum Gasteiger partial charge on any atom is -0.491 e. The van der Waals surface area contributed by atoms with E-state index in [4.69, 9.17) is 4.74 Å². The second kappa shape index (κ2) is 6.54. The van der Waals surface area contributed by atoms with Gasteiger partial charge in [0.25, 0.3) is 5.91 Å². The standard InChI is InChI=1S/C20H25N3O2/c1-14(2)25-19-7-3-15(4-8-19)20(24)23-16-5-6-17(23)12-18(11-16)22-10-9-21-13-22/h3-4,7-10,13-14,16-18H,5-6,11-12H2,1-2H3. The first-order valence-electron chi connectivity index (χ1n) is 9.18. The van der Waals surface area contributed by atoms with Crippen LogP contribution in [0.5, 0.6) is 5.75 Å². The third-order valence-electron chi connectivity index (χ3n) is 5.36. The van der Waals surface area contributed by atoms with Gasteiger partial charge in [-0.15, -0.1) is 0 Å². The monoisotopic (exact) mass is 339 g/mol. The lowest BCUT2D eigenvalue weighted by atomic mass is 9.96. The van der Waals surface area contributed by atoms with Gasteiger partial charge in [-0.2, -0.15) is 0 Å². The number of piperidine rings is 1. The molecule has 5 heteroatoms. The number of carbonyl (C=O) groups excluding carboxylic acids is 1. The van der Waals surface area contributed by atoms with Crippen LogP contribution in [0.3, 0.4) is 0 Å². The molecule has 2 saturated heterocycles. The van der Waals surface area contributed by atoms with Gasteiger partial charge in [-0.25, -0.2) is 4.98 Å². The van der Waals surface area contributed by atoms with Crippen LogP contribution in [0.4, 0.5) is 0 Å². The Bertz CT molecular complexity index is 710. The van der Waals surface area contributed by atoms with Crippen LogP contribution in [-0.2, 0) is 0 Å². The van der Waals surface area contributed by atoms with Crippen molar-refractivity contribution < 1.29 is 9.53 Å². The minimum absolute atomic E-state index is 0.139. The van der Waals surface area contributed by atoms with Gasteiger partial charge in [0.2, 0.25) is 0 Å². The molecule has 25 heavy (non-hydrogen) atoms. The Morgan fingerprint density at radius 3 is 2.36 bits per heavy atom. The van der Waals surface area contributed by atoms with E-state index in [-0.39, 0.29) is 12.0 Å². The molecule has 0 aliphatic carbocycles. The number of amides is 1. The van der Waals surface area contributed by atoms with E-state index in [1.807, 2.05) is 56.8 Å². The Morgan fingerprint density at radius 2 is 1.80 bits per heavy atom. The summed E-state index contributed by atoms with van der Waals surface area (Å²) in [5.74, 6) is 0.973. The van der Waals surface area contributed by atoms with Crippen molar-refractivity contribution in [1.29, 1.82) is 0 Å². The second-order valence-electron chi connectivity index (χ2n) is 7.42. The SMILES string of the molecule is CC(C)Oc1ccc(C(=O)N2C3CCC2CC(n2ccnc2)C3)cc1. The molecule has 1 amide bonds. The second-order valence-corrected chi connectivity index (χ2v) is 7.42. The van der Waals surface area contributed by atoms with E-state index in [2.05, 4.69) is 14.5 Å². The Morgan fingerprint density at radius 1 is 1.12 bits per heavy atom. The van der Waals surface area contributed by atoms with E-state index < -0.39 is 0 Å². The summed E-state index contributed by atoms with van der Waals surface area (Å²) in [7, 11) is 0. The van der Waals surface area contributed by atoms with Crippen molar-refractivity contribution in [2.75, 3.05) is 0 Å². The van der Waals surface area contributed by atoms with Crippen LogP contribution in [-0.4, -0.2) is 38.5 Å². The van der Waals surface area contributed by atoms with E-state index in [0.717, 1.165) is 37.0 Å². The highest BCUT2D eigenvalue weighted by molar-refractivity contribution is 5.95. The number of imidazole rings is 1. The molecule has 0 saturated carbocycles. The summed E-state index contributed by atoms with van der Waals surface area (Å²) in [5, 5.41) is 0. The Labute approximate surface area is 148 Å². The lowest BCUT2D eigenvalue weighted by Crippen LogP contribution is -2.46. The number of benzene rings is 1. The maximum atomic E-state index is 13.1. The highest BCUT2D eigenvalue weighted by atomic mass is 16.5. The van der Waals surface area contributed by atoms with Crippen molar-refractivity contribution in [1.82, 2.24) is 14.5 Å². The zero-order valence-electron chi connectivity index (χ0n) is 14.8. The number of aromatic nitrogens is 2. The first kappa shape index (κ1) is 16.2. The number of nitrogens with zero attached hydrogens (tertiary/aromatic N) is 3. The third kappa shape index (κ3) is 3.15. The molecule has 1 aromatic carbocycles. The van der Waals surface area contributed by atoms with E-state index in [1.54, 1.807) is 0 Å². The molecule has 4 rings (SSSR count). The molecule has 2 bridgehead atoms. The summed E-state index contributed by atoms with van der Waals surface area (Å²) < 4.78 is 7.87. The molecule has 1 aromatic heterocycles. The van der Waals surface area contributed by atoms with Crippen molar-refractivity contribution >= 4 is 5.91 Å². The molecule has 0 N–H and O–H groups in total. The first-order chi connectivity index (χ1) is 12.1. The van der Waals surface area contributed by atoms with Gasteiger partial charge in [0.05, 0.1) is 12.4 Å². The molecule has 2 fully saturated rings. The number of ether oxygens (including phenoxy) is 1. The maximum absolute atomic E-state index is 13.1. The predicted octanol–water partition coefficient (Wildman–Crippen LogP) is 3.68. The fourth-order valence-corrected chi connectivity index (χ4v) is 4.31. The van der Waals surface area contributed by atoms with Crippen molar-refractivity contribution in [3.8, 4) is 5.75 Å². The van der Waals surface area contributed by atoms with Gasteiger partial charge in [-0.3, -0.25) is 4.79 Å². The number of fused-ring (bicyclic) bond motifs is 2. The molecule has 2 aliphatic heterocycles. The molecule has 2 atom stereocenters. The van der Waals surface area contributed by atoms with E-state index in [1.165, 1.54) is 0 Å². The van der Waals surface area contributed by atoms with Crippen molar-refractivity contribution in [2.24, 2.45) is 0 Å². The summed E-state index contributed by atoms with van der Waals surface area (Å²) in [4.78, 5) is 19.4. The lowest BCUT2D eigenvalue weighted by molar-refractivity contribution is 0.0533. The van der Waals surface area contributed by atoms with Crippen LogP contribution in [0.25, 0.3) is 0 Å². The molecule has 132 valence electrons. The fraction of sp³-hybridized carbons (Fsp3) is 0.500. The quantitative estimate of drug-likeness (QED) is 0.854. The highest BCUT2D eigenvalue weighted by Crippen LogP contribution is 2.41. The lowest BCUT2D eigenvalue weighted by Gasteiger charge is -2.39. The number of hydrogen-bond acceptors (Lipinski definition) is 3. The molecule has 2 unspecified atom stereocenters. The van der Waals surface area contributed by atoms with Gasteiger partial charge >= 0.3 is 0 Å². The van der Waals surface area contributed by atoms with Crippen molar-refractivity contribution in [3.63, 3.8) is 0 Å². The molecule has 5 nitrogen and oxygen atoms in total. The summed E-state index contributed by atoms with van der Waals surface area (Å²) in [6, 6.07) is 8.71. The van der Waals surface area contributed by atoms with Gasteiger partial charge < -0.3 is 14.2 Å². The van der Waals surface area contributed by atoms with E-state index >= 15 is 0 Å². The van der Waals surface area contributed by atoms with Gasteiger partial charge in [-0.05, 0) is 63.8 Å². The molecule has 3 heterocycles. The third-order valence-corrected chi connectivity index (χ3v) is 5.36. The molecule has 2 aliphatic rings. The minimum atomic E-state index is 0.139. The molecule has 0 radical (unpaired) electrons. The summed E-state index contributed by atoms with van der Waals surface area (Å²) in [6.45, 7) is 4.00. The molecule has 2 aromatic rings. The van der Waals surface area contributed by atoms with Crippen LogP contribution >= 0.6 is 0 Å². The summed E-state index contributed by atoms with van der Waals surface area (Å²) in [6.07, 6.45) is 10.2. The van der Waals surface area contributed by atoms with Crippen LogP contribution in [0.2, 0.25) is 0 Å². The van der Waals surface area contributed by atoms with Gasteiger partial charge in [0.15, 0.2) is 0 Å². The number of carbonyl (C=O) groups is 1. The van der Waals surface area contributed by atoms with E-state index in [0.29, 0.717) is 18.1 Å². The van der Waals surface area contributed by atoms with Crippen molar-refractivity contribution in [3.05, 3.63) is 48.5 Å². The fourth-order valence-electron chi connectivity index (χ4n) is 4.31.